The molecule has 26 heavy (non-hydrogen) atoms. The Morgan fingerprint density at radius 1 is 0.923 bits per heavy atom. The van der Waals surface area contributed by atoms with Crippen LogP contribution in [0.1, 0.15) is 77.6 Å². The van der Waals surface area contributed by atoms with Gasteiger partial charge in [-0.05, 0) is 25.7 Å². The number of rotatable bonds is 15. The van der Waals surface area contributed by atoms with E-state index in [9.17, 15) is 10.2 Å². The highest BCUT2D eigenvalue weighted by Crippen LogP contribution is 2.18. The molecule has 1 saturated heterocycles. The molecule has 3 N–H and O–H groups in total. The molecule has 1 rings (SSSR count). The van der Waals surface area contributed by atoms with Crippen LogP contribution in [0.15, 0.2) is 12.2 Å². The molecule has 154 valence electrons. The first kappa shape index (κ1) is 23.6. The molecule has 0 radical (unpaired) electrons. The van der Waals surface area contributed by atoms with Crippen molar-refractivity contribution < 1.29 is 24.8 Å². The quantitative estimate of drug-likeness (QED) is 0.303. The third-order valence-corrected chi connectivity index (χ3v) is 4.97. The molecular formula is C21H40O5. The zero-order chi connectivity index (χ0) is 19.0. The van der Waals surface area contributed by atoms with Crippen molar-refractivity contribution in [2.75, 3.05) is 19.8 Å². The maximum Gasteiger partial charge on any atom is 0.114 e. The molecule has 0 spiro atoms. The van der Waals surface area contributed by atoms with Crippen molar-refractivity contribution in [3.63, 3.8) is 0 Å². The van der Waals surface area contributed by atoms with Crippen molar-refractivity contribution >= 4 is 0 Å². The second-order valence-electron chi connectivity index (χ2n) is 7.32. The maximum atomic E-state index is 10.0. The zero-order valence-corrected chi connectivity index (χ0v) is 16.5. The summed E-state index contributed by atoms with van der Waals surface area (Å²) in [4.78, 5) is 0. The fourth-order valence-electron chi connectivity index (χ4n) is 3.28. The van der Waals surface area contributed by atoms with E-state index in [1.165, 1.54) is 51.4 Å². The summed E-state index contributed by atoms with van der Waals surface area (Å²) in [5.41, 5.74) is 0. The highest BCUT2D eigenvalue weighted by atomic mass is 16.6. The first-order valence-corrected chi connectivity index (χ1v) is 10.6. The lowest BCUT2D eigenvalue weighted by Gasteiger charge is -2.37. The average Bonchev–Trinajstić information content (AvgIpc) is 2.64. The van der Waals surface area contributed by atoms with Crippen molar-refractivity contribution in [2.24, 2.45) is 0 Å². The average molecular weight is 373 g/mol. The van der Waals surface area contributed by atoms with Crippen molar-refractivity contribution in [2.45, 2.75) is 102 Å². The van der Waals surface area contributed by atoms with Crippen LogP contribution in [0.3, 0.4) is 0 Å². The van der Waals surface area contributed by atoms with Crippen LogP contribution in [0.5, 0.6) is 0 Å². The van der Waals surface area contributed by atoms with Crippen LogP contribution in [-0.2, 0) is 9.47 Å². The fourth-order valence-corrected chi connectivity index (χ4v) is 3.28. The van der Waals surface area contributed by atoms with Gasteiger partial charge < -0.3 is 24.8 Å². The Bertz CT molecular complexity index is 347. The lowest BCUT2D eigenvalue weighted by molar-refractivity contribution is -0.210. The van der Waals surface area contributed by atoms with E-state index in [1.54, 1.807) is 0 Å². The Kier molecular flexibility index (Phi) is 14.1. The minimum absolute atomic E-state index is 0.0887. The molecule has 0 unspecified atom stereocenters. The van der Waals surface area contributed by atoms with E-state index in [2.05, 4.69) is 19.1 Å². The van der Waals surface area contributed by atoms with Crippen molar-refractivity contribution in [1.29, 1.82) is 0 Å². The van der Waals surface area contributed by atoms with Gasteiger partial charge in [-0.25, -0.2) is 0 Å². The summed E-state index contributed by atoms with van der Waals surface area (Å²) in [5.74, 6) is 0. The van der Waals surface area contributed by atoms with E-state index in [-0.39, 0.29) is 13.2 Å². The molecule has 5 nitrogen and oxygen atoms in total. The van der Waals surface area contributed by atoms with Crippen molar-refractivity contribution in [3.8, 4) is 0 Å². The summed E-state index contributed by atoms with van der Waals surface area (Å²) in [7, 11) is 0. The van der Waals surface area contributed by atoms with Gasteiger partial charge in [0.2, 0.25) is 0 Å². The van der Waals surface area contributed by atoms with Crippen molar-refractivity contribution in [3.05, 3.63) is 12.2 Å². The number of hydrogen-bond donors (Lipinski definition) is 3. The Morgan fingerprint density at radius 3 is 2.19 bits per heavy atom. The number of aliphatic hydroxyl groups excluding tert-OH is 3. The molecule has 1 aliphatic rings. The standard InChI is InChI=1S/C21H40O5/c1-2-3-4-5-6-7-8-9-10-11-12-13-14-15-25-21-18(23)17-26-19(16-22)20(21)24/h11-12,18-24H,2-10,13-17H2,1H3/b12-11+/t18-,19+,20+,21+/m0/s1. The number of unbranched alkanes of at least 4 members (excludes halogenated alkanes) is 9. The summed E-state index contributed by atoms with van der Waals surface area (Å²) >= 11 is 0. The second kappa shape index (κ2) is 15.6. The van der Waals surface area contributed by atoms with Crippen LogP contribution >= 0.6 is 0 Å². The maximum absolute atomic E-state index is 10.0. The van der Waals surface area contributed by atoms with Crippen LogP contribution in [0, 0.1) is 0 Å². The minimum atomic E-state index is -0.985. The minimum Gasteiger partial charge on any atom is -0.394 e. The number of ether oxygens (including phenoxy) is 2. The van der Waals surface area contributed by atoms with Gasteiger partial charge >= 0.3 is 0 Å². The van der Waals surface area contributed by atoms with E-state index < -0.39 is 24.4 Å². The smallest absolute Gasteiger partial charge is 0.114 e. The predicted octanol–water partition coefficient (Wildman–Crippen LogP) is 3.35. The molecule has 1 fully saturated rings. The van der Waals surface area contributed by atoms with Gasteiger partial charge in [0.15, 0.2) is 0 Å². The fraction of sp³-hybridized carbons (Fsp3) is 0.905. The van der Waals surface area contributed by atoms with Gasteiger partial charge in [-0.2, -0.15) is 0 Å². The monoisotopic (exact) mass is 372 g/mol. The molecule has 0 bridgehead atoms. The number of allylic oxidation sites excluding steroid dienone is 2. The molecule has 1 heterocycles. The zero-order valence-electron chi connectivity index (χ0n) is 16.5. The Balaban J connectivity index is 1.95. The van der Waals surface area contributed by atoms with E-state index >= 15 is 0 Å². The summed E-state index contributed by atoms with van der Waals surface area (Å²) in [6.45, 7) is 2.56. The lowest BCUT2D eigenvalue weighted by Crippen LogP contribution is -2.55. The van der Waals surface area contributed by atoms with Crippen LogP contribution in [-0.4, -0.2) is 59.6 Å². The van der Waals surface area contributed by atoms with E-state index in [1.807, 2.05) is 0 Å². The highest BCUT2D eigenvalue weighted by Gasteiger charge is 2.38. The second-order valence-corrected chi connectivity index (χ2v) is 7.32. The van der Waals surface area contributed by atoms with Gasteiger partial charge in [-0.1, -0.05) is 64.0 Å². The third kappa shape index (κ3) is 10.0. The molecule has 5 heteroatoms. The first-order chi connectivity index (χ1) is 12.7. The molecule has 0 aliphatic carbocycles. The first-order valence-electron chi connectivity index (χ1n) is 10.6. The largest absolute Gasteiger partial charge is 0.394 e. The van der Waals surface area contributed by atoms with Gasteiger partial charge in [0, 0.05) is 6.61 Å². The van der Waals surface area contributed by atoms with Crippen LogP contribution in [0.2, 0.25) is 0 Å². The normalized spacial score (nSPS) is 26.6. The third-order valence-electron chi connectivity index (χ3n) is 4.97. The number of hydrogen-bond acceptors (Lipinski definition) is 5. The van der Waals surface area contributed by atoms with Gasteiger partial charge in [0.1, 0.15) is 24.4 Å². The predicted molar refractivity (Wildman–Crippen MR) is 104 cm³/mol. The van der Waals surface area contributed by atoms with Crippen LogP contribution in [0.4, 0.5) is 0 Å². The van der Waals surface area contributed by atoms with Gasteiger partial charge in [0.05, 0.1) is 13.2 Å². The van der Waals surface area contributed by atoms with Gasteiger partial charge in [-0.15, -0.1) is 0 Å². The summed E-state index contributed by atoms with van der Waals surface area (Å²) in [5, 5.41) is 29.0. The molecule has 0 amide bonds. The Hall–Kier alpha value is -0.460. The lowest BCUT2D eigenvalue weighted by atomic mass is 10.0. The number of aliphatic hydroxyl groups is 3. The highest BCUT2D eigenvalue weighted by molar-refractivity contribution is 4.88. The molecule has 0 aromatic rings. The topological polar surface area (TPSA) is 79.2 Å². The molecule has 4 atom stereocenters. The molecule has 1 aliphatic heterocycles. The summed E-state index contributed by atoms with van der Waals surface area (Å²) in [6.07, 6.45) is 15.0. The van der Waals surface area contributed by atoms with E-state index in [0.717, 1.165) is 19.3 Å². The van der Waals surface area contributed by atoms with Gasteiger partial charge in [0.25, 0.3) is 0 Å². The van der Waals surface area contributed by atoms with Gasteiger partial charge in [-0.3, -0.25) is 0 Å². The van der Waals surface area contributed by atoms with E-state index in [0.29, 0.717) is 6.61 Å². The molecular weight excluding hydrogens is 332 g/mol. The molecule has 0 saturated carbocycles. The summed E-state index contributed by atoms with van der Waals surface area (Å²) < 4.78 is 10.8. The molecule has 0 aromatic heterocycles. The van der Waals surface area contributed by atoms with E-state index in [4.69, 9.17) is 14.6 Å². The van der Waals surface area contributed by atoms with Crippen LogP contribution < -0.4 is 0 Å². The SMILES string of the molecule is CCCCCCCCCC/C=C/CCCO[C@H]1[C@H](O)[C@@H](CO)OC[C@@H]1O. The molecule has 0 aromatic carbocycles. The van der Waals surface area contributed by atoms with Crippen LogP contribution in [0.25, 0.3) is 0 Å². The Labute approximate surface area is 159 Å². The van der Waals surface area contributed by atoms with Crippen molar-refractivity contribution in [1.82, 2.24) is 0 Å². The Morgan fingerprint density at radius 2 is 1.54 bits per heavy atom. The summed E-state index contributed by atoms with van der Waals surface area (Å²) in [6, 6.07) is 0.